The van der Waals surface area contributed by atoms with Gasteiger partial charge >= 0.3 is 6.03 Å². The first-order valence-electron chi connectivity index (χ1n) is 4.81. The summed E-state index contributed by atoms with van der Waals surface area (Å²) in [6, 6.07) is -0.958. The van der Waals surface area contributed by atoms with Crippen LogP contribution in [0.15, 0.2) is 0 Å². The molecular formula is C9H12N2O3. The third-order valence-corrected chi connectivity index (χ3v) is 2.81. The minimum absolute atomic E-state index is 0.0378. The van der Waals surface area contributed by atoms with Crippen molar-refractivity contribution in [2.75, 3.05) is 0 Å². The average Bonchev–Trinajstić information content (AvgIpc) is 2.62. The van der Waals surface area contributed by atoms with Gasteiger partial charge in [-0.05, 0) is 19.3 Å². The van der Waals surface area contributed by atoms with E-state index in [2.05, 4.69) is 10.6 Å². The Balaban J connectivity index is 1.94. The fourth-order valence-corrected chi connectivity index (χ4v) is 2.05. The summed E-state index contributed by atoms with van der Waals surface area (Å²) in [7, 11) is 0. The number of rotatable bonds is 2. The zero-order valence-electron chi connectivity index (χ0n) is 7.71. The Kier molecular flexibility index (Phi) is 2.23. The monoisotopic (exact) mass is 196 g/mol. The predicted octanol–water partition coefficient (Wildman–Crippen LogP) is -0.0463. The third-order valence-electron chi connectivity index (χ3n) is 2.81. The molecule has 1 saturated heterocycles. The number of Topliss-reactive ketones (excluding diaryl/α,β-unsaturated/α-hetero) is 1. The lowest BCUT2D eigenvalue weighted by atomic mass is 9.98. The highest BCUT2D eigenvalue weighted by atomic mass is 16.2. The molecule has 1 heterocycles. The van der Waals surface area contributed by atoms with E-state index in [0.29, 0.717) is 12.8 Å². The highest BCUT2D eigenvalue weighted by Crippen LogP contribution is 2.25. The zero-order chi connectivity index (χ0) is 10.1. The first kappa shape index (κ1) is 9.18. The van der Waals surface area contributed by atoms with Gasteiger partial charge in [-0.15, -0.1) is 0 Å². The van der Waals surface area contributed by atoms with Gasteiger partial charge in [0.2, 0.25) is 0 Å². The molecule has 5 nitrogen and oxygen atoms in total. The van der Waals surface area contributed by atoms with Crippen LogP contribution < -0.4 is 10.6 Å². The highest BCUT2D eigenvalue weighted by molar-refractivity contribution is 6.04. The molecule has 1 aliphatic heterocycles. The fraction of sp³-hybridized carbons (Fsp3) is 0.667. The lowest BCUT2D eigenvalue weighted by molar-refractivity contribution is -0.122. The van der Waals surface area contributed by atoms with Crippen LogP contribution in [0, 0.1) is 5.92 Å². The second-order valence-electron chi connectivity index (χ2n) is 3.81. The summed E-state index contributed by atoms with van der Waals surface area (Å²) >= 11 is 0. The fourth-order valence-electron chi connectivity index (χ4n) is 2.05. The number of amides is 3. The van der Waals surface area contributed by atoms with Crippen LogP contribution in [0.1, 0.15) is 25.7 Å². The van der Waals surface area contributed by atoms with Crippen LogP contribution in [0.2, 0.25) is 0 Å². The standard InChI is InChI=1S/C9H12N2O3/c12-7-3-1-2-5(7)4-6-8(13)11-9(14)10-6/h5-6H,1-4H2,(H2,10,11,13,14)/t5?,6-/m0/s1. The van der Waals surface area contributed by atoms with Crippen LogP contribution in [-0.2, 0) is 9.59 Å². The molecule has 2 fully saturated rings. The van der Waals surface area contributed by atoms with E-state index in [4.69, 9.17) is 0 Å². The molecule has 1 aliphatic carbocycles. The van der Waals surface area contributed by atoms with Crippen molar-refractivity contribution < 1.29 is 14.4 Å². The van der Waals surface area contributed by atoms with Crippen LogP contribution in [0.3, 0.4) is 0 Å². The van der Waals surface area contributed by atoms with E-state index in [1.54, 1.807) is 0 Å². The van der Waals surface area contributed by atoms with Crippen LogP contribution in [0.25, 0.3) is 0 Å². The number of imide groups is 1. The lowest BCUT2D eigenvalue weighted by Crippen LogP contribution is -2.32. The number of nitrogens with one attached hydrogen (secondary N) is 2. The molecule has 0 radical (unpaired) electrons. The summed E-state index contributed by atoms with van der Waals surface area (Å²) in [5.74, 6) is -0.127. The van der Waals surface area contributed by atoms with E-state index < -0.39 is 12.1 Å². The Labute approximate surface area is 81.2 Å². The Morgan fingerprint density at radius 1 is 1.29 bits per heavy atom. The van der Waals surface area contributed by atoms with Gasteiger partial charge in [-0.25, -0.2) is 4.79 Å². The van der Waals surface area contributed by atoms with E-state index in [1.165, 1.54) is 0 Å². The van der Waals surface area contributed by atoms with Crippen molar-refractivity contribution in [2.45, 2.75) is 31.7 Å². The molecule has 1 saturated carbocycles. The lowest BCUT2D eigenvalue weighted by Gasteiger charge is -2.11. The molecule has 1 unspecified atom stereocenters. The van der Waals surface area contributed by atoms with Crippen molar-refractivity contribution in [1.82, 2.24) is 10.6 Å². The predicted molar refractivity (Wildman–Crippen MR) is 47.4 cm³/mol. The Hall–Kier alpha value is -1.39. The molecule has 2 aliphatic rings. The topological polar surface area (TPSA) is 75.3 Å². The van der Waals surface area contributed by atoms with E-state index in [0.717, 1.165) is 12.8 Å². The van der Waals surface area contributed by atoms with Gasteiger partial charge < -0.3 is 5.32 Å². The number of hydrogen-bond donors (Lipinski definition) is 2. The first-order chi connectivity index (χ1) is 6.66. The van der Waals surface area contributed by atoms with Crippen molar-refractivity contribution in [2.24, 2.45) is 5.92 Å². The van der Waals surface area contributed by atoms with E-state index >= 15 is 0 Å². The molecule has 2 atom stereocenters. The number of hydrogen-bond acceptors (Lipinski definition) is 3. The van der Waals surface area contributed by atoms with Crippen molar-refractivity contribution in [3.05, 3.63) is 0 Å². The summed E-state index contributed by atoms with van der Waals surface area (Å²) in [4.78, 5) is 33.3. The molecule has 2 rings (SSSR count). The van der Waals surface area contributed by atoms with Gasteiger partial charge in [-0.1, -0.05) is 0 Å². The van der Waals surface area contributed by atoms with Crippen LogP contribution in [0.5, 0.6) is 0 Å². The van der Waals surface area contributed by atoms with Crippen LogP contribution in [0.4, 0.5) is 4.79 Å². The van der Waals surface area contributed by atoms with Gasteiger partial charge in [0, 0.05) is 12.3 Å². The number of urea groups is 1. The van der Waals surface area contributed by atoms with E-state index in [-0.39, 0.29) is 17.6 Å². The molecule has 0 aromatic heterocycles. The number of carbonyl (C=O) groups excluding carboxylic acids is 3. The van der Waals surface area contributed by atoms with Gasteiger partial charge in [-0.2, -0.15) is 0 Å². The zero-order valence-corrected chi connectivity index (χ0v) is 7.71. The second-order valence-corrected chi connectivity index (χ2v) is 3.81. The minimum Gasteiger partial charge on any atom is -0.326 e. The Morgan fingerprint density at radius 2 is 2.07 bits per heavy atom. The van der Waals surface area contributed by atoms with Crippen LogP contribution in [-0.4, -0.2) is 23.8 Å². The molecule has 0 spiro atoms. The van der Waals surface area contributed by atoms with Gasteiger partial charge in [0.05, 0.1) is 0 Å². The third kappa shape index (κ3) is 1.62. The molecule has 0 aromatic carbocycles. The van der Waals surface area contributed by atoms with Gasteiger partial charge in [0.15, 0.2) is 0 Å². The normalized spacial score (nSPS) is 31.9. The van der Waals surface area contributed by atoms with Crippen LogP contribution >= 0.6 is 0 Å². The maximum atomic E-state index is 11.3. The van der Waals surface area contributed by atoms with E-state index in [9.17, 15) is 14.4 Å². The van der Waals surface area contributed by atoms with Crippen molar-refractivity contribution in [3.8, 4) is 0 Å². The molecule has 3 amide bonds. The first-order valence-corrected chi connectivity index (χ1v) is 4.81. The summed E-state index contributed by atoms with van der Waals surface area (Å²) in [6.45, 7) is 0. The van der Waals surface area contributed by atoms with Crippen molar-refractivity contribution >= 4 is 17.7 Å². The van der Waals surface area contributed by atoms with Gasteiger partial charge in [-0.3, -0.25) is 14.9 Å². The molecule has 14 heavy (non-hydrogen) atoms. The maximum Gasteiger partial charge on any atom is 0.322 e. The number of ketones is 1. The summed E-state index contributed by atoms with van der Waals surface area (Å²) in [6.07, 6.45) is 2.83. The SMILES string of the molecule is O=C1NC(=O)[C@H](CC2CCCC2=O)N1. The quantitative estimate of drug-likeness (QED) is 0.608. The van der Waals surface area contributed by atoms with Gasteiger partial charge in [0.1, 0.15) is 11.8 Å². The Bertz CT molecular complexity index is 300. The summed E-state index contributed by atoms with van der Waals surface area (Å²) < 4.78 is 0. The van der Waals surface area contributed by atoms with E-state index in [1.807, 2.05) is 0 Å². The molecule has 0 bridgehead atoms. The van der Waals surface area contributed by atoms with Crippen molar-refractivity contribution in [3.63, 3.8) is 0 Å². The molecular weight excluding hydrogens is 184 g/mol. The average molecular weight is 196 g/mol. The minimum atomic E-state index is -0.505. The molecule has 0 aromatic rings. The largest absolute Gasteiger partial charge is 0.326 e. The second kappa shape index (κ2) is 3.40. The molecule has 2 N–H and O–H groups in total. The highest BCUT2D eigenvalue weighted by Gasteiger charge is 2.35. The molecule has 76 valence electrons. The Morgan fingerprint density at radius 3 is 2.57 bits per heavy atom. The number of carbonyl (C=O) groups is 3. The smallest absolute Gasteiger partial charge is 0.322 e. The molecule has 5 heteroatoms. The summed E-state index contributed by atoms with van der Waals surface area (Å²) in [5.41, 5.74) is 0. The van der Waals surface area contributed by atoms with Gasteiger partial charge in [0.25, 0.3) is 5.91 Å². The maximum absolute atomic E-state index is 11.3. The summed E-state index contributed by atoms with van der Waals surface area (Å²) in [5, 5.41) is 4.65. The van der Waals surface area contributed by atoms with Crippen molar-refractivity contribution in [1.29, 1.82) is 0 Å².